The first-order valence-corrected chi connectivity index (χ1v) is 10.4. The van der Waals surface area contributed by atoms with Crippen LogP contribution in [-0.2, 0) is 0 Å². The number of aliphatic hydroxyl groups excluding tert-OH is 2. The summed E-state index contributed by atoms with van der Waals surface area (Å²) in [4.78, 5) is 29.3. The van der Waals surface area contributed by atoms with Gasteiger partial charge in [-0.2, -0.15) is 0 Å². The standard InChI is InChI=1S/C21H26FN3O4/c1-9-15-17(25(12-4-5-12)21(29)23-20(15)28)10(2)18(16(9)22)24-7-11-3-6-14(26)19(27)13(11)8-24/h11-14,19,26-27H,3-8H2,1-2H3,(H,23,28,29). The maximum absolute atomic E-state index is 15.5. The summed E-state index contributed by atoms with van der Waals surface area (Å²) in [6, 6.07) is 0.0383. The molecule has 5 rings (SSSR count). The summed E-state index contributed by atoms with van der Waals surface area (Å²) in [5.41, 5.74) is 0.759. The molecule has 8 heteroatoms. The summed E-state index contributed by atoms with van der Waals surface area (Å²) in [6.45, 7) is 4.39. The van der Waals surface area contributed by atoms with Gasteiger partial charge in [-0.1, -0.05) is 0 Å². The summed E-state index contributed by atoms with van der Waals surface area (Å²) < 4.78 is 17.1. The summed E-state index contributed by atoms with van der Waals surface area (Å²) in [7, 11) is 0. The zero-order chi connectivity index (χ0) is 20.6. The Hall–Kier alpha value is -2.19. The highest BCUT2D eigenvalue weighted by molar-refractivity contribution is 5.90. The number of aromatic amines is 1. The van der Waals surface area contributed by atoms with Gasteiger partial charge in [0, 0.05) is 36.2 Å². The van der Waals surface area contributed by atoms with Gasteiger partial charge in [0.15, 0.2) is 5.82 Å². The number of benzene rings is 1. The molecular weight excluding hydrogens is 377 g/mol. The SMILES string of the molecule is Cc1c(F)c(N2CC3CCC(O)C(O)C3C2)c(C)c2c1c(=O)[nH]c(=O)n2C1CC1. The molecule has 3 aliphatic rings. The van der Waals surface area contributed by atoms with E-state index >= 15 is 4.39 Å². The van der Waals surface area contributed by atoms with Crippen LogP contribution in [0.1, 0.15) is 42.9 Å². The number of aryl methyl sites for hydroxylation is 2. The lowest BCUT2D eigenvalue weighted by Crippen LogP contribution is -2.42. The van der Waals surface area contributed by atoms with Gasteiger partial charge in [0.25, 0.3) is 5.56 Å². The summed E-state index contributed by atoms with van der Waals surface area (Å²) in [6.07, 6.45) is 1.52. The number of hydrogen-bond donors (Lipinski definition) is 3. The number of H-pyrrole nitrogens is 1. The molecule has 1 saturated heterocycles. The number of aromatic nitrogens is 2. The van der Waals surface area contributed by atoms with Crippen molar-refractivity contribution in [3.63, 3.8) is 0 Å². The largest absolute Gasteiger partial charge is 0.390 e. The second kappa shape index (κ2) is 6.40. The molecule has 4 atom stereocenters. The average Bonchev–Trinajstić information content (AvgIpc) is 3.41. The lowest BCUT2D eigenvalue weighted by atomic mass is 9.78. The number of nitrogens with one attached hydrogen (secondary N) is 1. The summed E-state index contributed by atoms with van der Waals surface area (Å²) in [5.74, 6) is -0.374. The van der Waals surface area contributed by atoms with Crippen LogP contribution in [0.3, 0.4) is 0 Å². The van der Waals surface area contributed by atoms with E-state index in [-0.39, 0.29) is 28.8 Å². The molecule has 1 aromatic heterocycles. The number of fused-ring (bicyclic) bond motifs is 2. The van der Waals surface area contributed by atoms with Crippen LogP contribution in [0.2, 0.25) is 0 Å². The third-order valence-corrected chi connectivity index (χ3v) is 7.15. The summed E-state index contributed by atoms with van der Waals surface area (Å²) in [5, 5.41) is 20.7. The van der Waals surface area contributed by atoms with Crippen molar-refractivity contribution in [1.82, 2.24) is 9.55 Å². The van der Waals surface area contributed by atoms with Gasteiger partial charge < -0.3 is 15.1 Å². The van der Waals surface area contributed by atoms with Crippen LogP contribution in [0.4, 0.5) is 10.1 Å². The molecule has 0 radical (unpaired) electrons. The third kappa shape index (κ3) is 2.69. The maximum atomic E-state index is 15.5. The minimum Gasteiger partial charge on any atom is -0.390 e. The lowest BCUT2D eigenvalue weighted by Gasteiger charge is -2.32. The molecule has 1 aromatic carbocycles. The molecule has 2 aromatic rings. The van der Waals surface area contributed by atoms with Crippen LogP contribution < -0.4 is 16.1 Å². The fourth-order valence-corrected chi connectivity index (χ4v) is 5.50. The van der Waals surface area contributed by atoms with E-state index in [2.05, 4.69) is 4.98 Å². The second-order valence-corrected chi connectivity index (χ2v) is 8.96. The van der Waals surface area contributed by atoms with Crippen LogP contribution in [0, 0.1) is 31.5 Å². The topological polar surface area (TPSA) is 98.6 Å². The monoisotopic (exact) mass is 403 g/mol. The van der Waals surface area contributed by atoms with Gasteiger partial charge in [0.05, 0.1) is 28.8 Å². The quantitative estimate of drug-likeness (QED) is 0.703. The normalized spacial score (nSPS) is 29.5. The van der Waals surface area contributed by atoms with Crippen molar-refractivity contribution < 1.29 is 14.6 Å². The van der Waals surface area contributed by atoms with E-state index in [0.717, 1.165) is 19.3 Å². The molecule has 2 aliphatic carbocycles. The molecule has 0 amide bonds. The van der Waals surface area contributed by atoms with Crippen LogP contribution in [0.15, 0.2) is 9.59 Å². The number of nitrogens with zero attached hydrogens (tertiary/aromatic N) is 2. The minimum absolute atomic E-state index is 0.0383. The number of aliphatic hydroxyl groups is 2. The Kier molecular flexibility index (Phi) is 4.15. The van der Waals surface area contributed by atoms with Gasteiger partial charge in [0.1, 0.15) is 0 Å². The Bertz CT molecular complexity index is 1120. The molecule has 0 spiro atoms. The Morgan fingerprint density at radius 1 is 1.03 bits per heavy atom. The highest BCUT2D eigenvalue weighted by atomic mass is 19.1. The smallest absolute Gasteiger partial charge is 0.329 e. The molecule has 3 fully saturated rings. The highest BCUT2D eigenvalue weighted by Gasteiger charge is 2.44. The first kappa shape index (κ1) is 18.8. The Balaban J connectivity index is 1.71. The number of rotatable bonds is 2. The first-order valence-electron chi connectivity index (χ1n) is 10.4. The Morgan fingerprint density at radius 2 is 1.76 bits per heavy atom. The molecule has 2 heterocycles. The van der Waals surface area contributed by atoms with E-state index in [4.69, 9.17) is 0 Å². The van der Waals surface area contributed by atoms with Crippen molar-refractivity contribution in [2.24, 2.45) is 11.8 Å². The Morgan fingerprint density at radius 3 is 2.45 bits per heavy atom. The van der Waals surface area contributed by atoms with Crippen molar-refractivity contribution >= 4 is 16.6 Å². The van der Waals surface area contributed by atoms with Gasteiger partial charge in [0.2, 0.25) is 0 Å². The zero-order valence-corrected chi connectivity index (χ0v) is 16.6. The molecular formula is C21H26FN3O4. The van der Waals surface area contributed by atoms with E-state index in [1.165, 1.54) is 0 Å². The van der Waals surface area contributed by atoms with Crippen molar-refractivity contribution in [1.29, 1.82) is 0 Å². The minimum atomic E-state index is -0.809. The number of anilines is 1. The van der Waals surface area contributed by atoms with Crippen molar-refractivity contribution in [3.8, 4) is 0 Å². The number of halogens is 1. The number of hydrogen-bond acceptors (Lipinski definition) is 5. The first-order chi connectivity index (χ1) is 13.8. The molecule has 156 valence electrons. The molecule has 29 heavy (non-hydrogen) atoms. The molecule has 1 aliphatic heterocycles. The van der Waals surface area contributed by atoms with Gasteiger partial charge >= 0.3 is 5.69 Å². The molecule has 4 unspecified atom stereocenters. The van der Waals surface area contributed by atoms with Crippen molar-refractivity contribution in [2.75, 3.05) is 18.0 Å². The van der Waals surface area contributed by atoms with E-state index in [1.54, 1.807) is 18.4 Å². The van der Waals surface area contributed by atoms with E-state index in [9.17, 15) is 19.8 Å². The van der Waals surface area contributed by atoms with Gasteiger partial charge in [-0.15, -0.1) is 0 Å². The second-order valence-electron chi connectivity index (χ2n) is 8.96. The van der Waals surface area contributed by atoms with E-state index in [1.807, 2.05) is 4.90 Å². The van der Waals surface area contributed by atoms with E-state index < -0.39 is 29.3 Å². The van der Waals surface area contributed by atoms with Crippen LogP contribution in [-0.4, -0.2) is 45.1 Å². The fraction of sp³-hybridized carbons (Fsp3) is 0.619. The van der Waals surface area contributed by atoms with Crippen molar-refractivity contribution in [2.45, 2.75) is 57.8 Å². The fourth-order valence-electron chi connectivity index (χ4n) is 5.50. The van der Waals surface area contributed by atoms with Gasteiger partial charge in [-0.3, -0.25) is 14.3 Å². The molecule has 2 saturated carbocycles. The highest BCUT2D eigenvalue weighted by Crippen LogP contribution is 2.43. The third-order valence-electron chi connectivity index (χ3n) is 7.15. The average molecular weight is 403 g/mol. The van der Waals surface area contributed by atoms with Crippen LogP contribution >= 0.6 is 0 Å². The van der Waals surface area contributed by atoms with E-state index in [0.29, 0.717) is 36.3 Å². The molecule has 7 nitrogen and oxygen atoms in total. The van der Waals surface area contributed by atoms with Gasteiger partial charge in [-0.25, -0.2) is 9.18 Å². The summed E-state index contributed by atoms with van der Waals surface area (Å²) >= 11 is 0. The van der Waals surface area contributed by atoms with Gasteiger partial charge in [-0.05, 0) is 45.4 Å². The molecule has 3 N–H and O–H groups in total. The van der Waals surface area contributed by atoms with Crippen LogP contribution in [0.25, 0.3) is 10.9 Å². The molecule has 0 bridgehead atoms. The van der Waals surface area contributed by atoms with Crippen molar-refractivity contribution in [3.05, 3.63) is 37.8 Å². The van der Waals surface area contributed by atoms with Crippen LogP contribution in [0.5, 0.6) is 0 Å². The predicted octanol–water partition coefficient (Wildman–Crippen LogP) is 1.35. The zero-order valence-electron chi connectivity index (χ0n) is 16.6. The maximum Gasteiger partial charge on any atom is 0.329 e. The Labute approximate surface area is 166 Å². The lowest BCUT2D eigenvalue weighted by molar-refractivity contribution is -0.0532. The predicted molar refractivity (Wildman–Crippen MR) is 107 cm³/mol.